The number of aryl methyl sites for hydroxylation is 1. The van der Waals surface area contributed by atoms with Crippen molar-refractivity contribution in [2.24, 2.45) is 0 Å². The van der Waals surface area contributed by atoms with E-state index in [9.17, 15) is 14.7 Å². The van der Waals surface area contributed by atoms with Crippen molar-refractivity contribution in [3.05, 3.63) is 51.9 Å². The third-order valence-electron chi connectivity index (χ3n) is 3.05. The van der Waals surface area contributed by atoms with Crippen LogP contribution in [-0.2, 0) is 6.42 Å². The van der Waals surface area contributed by atoms with Crippen molar-refractivity contribution in [1.29, 1.82) is 0 Å². The summed E-state index contributed by atoms with van der Waals surface area (Å²) in [6, 6.07) is 8.43. The fourth-order valence-corrected chi connectivity index (χ4v) is 1.91. The van der Waals surface area contributed by atoms with Crippen molar-refractivity contribution >= 4 is 6.29 Å². The van der Waals surface area contributed by atoms with Gasteiger partial charge in [0.1, 0.15) is 0 Å². The second-order valence-corrected chi connectivity index (χ2v) is 4.55. The number of unbranched alkanes of at least 4 members (excludes halogenated alkanes) is 1. The zero-order valence-corrected chi connectivity index (χ0v) is 11.2. The highest BCUT2D eigenvalue weighted by atomic mass is 16.3. The largest absolute Gasteiger partial charge is 0.505 e. The Morgan fingerprint density at radius 1 is 1.30 bits per heavy atom. The third-order valence-corrected chi connectivity index (χ3v) is 3.05. The summed E-state index contributed by atoms with van der Waals surface area (Å²) in [4.78, 5) is 22.5. The molecule has 0 atom stereocenters. The van der Waals surface area contributed by atoms with E-state index in [0.717, 1.165) is 30.0 Å². The maximum atomic E-state index is 11.8. The van der Waals surface area contributed by atoms with Crippen molar-refractivity contribution in [1.82, 2.24) is 9.78 Å². The minimum absolute atomic E-state index is 0.153. The number of aromatic hydroxyl groups is 1. The Balaban J connectivity index is 2.36. The maximum absolute atomic E-state index is 11.8. The van der Waals surface area contributed by atoms with Crippen LogP contribution in [0.4, 0.5) is 0 Å². The summed E-state index contributed by atoms with van der Waals surface area (Å²) in [5.74, 6) is -0.402. The Bertz CT molecular complexity index is 660. The number of aldehydes is 1. The molecule has 0 saturated heterocycles. The van der Waals surface area contributed by atoms with Crippen molar-refractivity contribution in [2.75, 3.05) is 0 Å². The number of rotatable bonds is 5. The van der Waals surface area contributed by atoms with E-state index in [1.54, 1.807) is 12.1 Å². The average molecular weight is 272 g/mol. The van der Waals surface area contributed by atoms with Crippen LogP contribution in [0.2, 0.25) is 0 Å². The molecule has 0 unspecified atom stereocenters. The average Bonchev–Trinajstić information content (AvgIpc) is 2.46. The third kappa shape index (κ3) is 2.93. The lowest BCUT2D eigenvalue weighted by Crippen LogP contribution is -2.21. The van der Waals surface area contributed by atoms with Crippen LogP contribution in [0, 0.1) is 0 Å². The lowest BCUT2D eigenvalue weighted by Gasteiger charge is -2.07. The molecule has 0 saturated carbocycles. The molecule has 2 aromatic rings. The Kier molecular flexibility index (Phi) is 4.30. The second-order valence-electron chi connectivity index (χ2n) is 4.55. The van der Waals surface area contributed by atoms with Gasteiger partial charge < -0.3 is 5.11 Å². The lowest BCUT2D eigenvalue weighted by atomic mass is 10.1. The Morgan fingerprint density at radius 2 is 2.00 bits per heavy atom. The summed E-state index contributed by atoms with van der Waals surface area (Å²) in [5, 5.41) is 13.2. The van der Waals surface area contributed by atoms with E-state index < -0.39 is 11.3 Å². The molecule has 0 aliphatic rings. The summed E-state index contributed by atoms with van der Waals surface area (Å²) < 4.78 is 1.10. The van der Waals surface area contributed by atoms with E-state index in [1.807, 2.05) is 12.1 Å². The van der Waals surface area contributed by atoms with Gasteiger partial charge in [-0.25, -0.2) is 0 Å². The molecule has 20 heavy (non-hydrogen) atoms. The number of hydrogen-bond acceptors (Lipinski definition) is 4. The Labute approximate surface area is 116 Å². The van der Waals surface area contributed by atoms with Gasteiger partial charge in [-0.3, -0.25) is 9.59 Å². The summed E-state index contributed by atoms with van der Waals surface area (Å²) in [6.07, 6.45) is 3.66. The van der Waals surface area contributed by atoms with Gasteiger partial charge in [-0.1, -0.05) is 25.5 Å². The minimum atomic E-state index is -0.477. The van der Waals surface area contributed by atoms with Gasteiger partial charge in [0.25, 0.3) is 5.56 Å². The summed E-state index contributed by atoms with van der Waals surface area (Å²) >= 11 is 0. The molecule has 104 valence electrons. The summed E-state index contributed by atoms with van der Waals surface area (Å²) in [6.45, 7) is 2.13. The van der Waals surface area contributed by atoms with Crippen LogP contribution in [0.5, 0.6) is 5.75 Å². The highest BCUT2D eigenvalue weighted by Crippen LogP contribution is 2.12. The van der Waals surface area contributed by atoms with E-state index in [0.29, 0.717) is 12.0 Å². The molecule has 1 N–H and O–H groups in total. The first-order valence-electron chi connectivity index (χ1n) is 6.53. The first kappa shape index (κ1) is 14.0. The second kappa shape index (κ2) is 6.14. The van der Waals surface area contributed by atoms with Gasteiger partial charge in [0.2, 0.25) is 0 Å². The lowest BCUT2D eigenvalue weighted by molar-refractivity contribution is 0.111. The van der Waals surface area contributed by atoms with Gasteiger partial charge in [-0.15, -0.1) is 0 Å². The summed E-state index contributed by atoms with van der Waals surface area (Å²) in [7, 11) is 0. The number of carbonyl (C=O) groups excluding carboxylic acids is 1. The van der Waals surface area contributed by atoms with Crippen LogP contribution in [-0.4, -0.2) is 21.2 Å². The molecular formula is C15H16N2O3. The predicted molar refractivity (Wildman–Crippen MR) is 75.5 cm³/mol. The normalized spacial score (nSPS) is 10.4. The van der Waals surface area contributed by atoms with Gasteiger partial charge in [0.05, 0.1) is 5.69 Å². The minimum Gasteiger partial charge on any atom is -0.505 e. The molecular weight excluding hydrogens is 256 g/mol. The van der Waals surface area contributed by atoms with Crippen LogP contribution in [0.1, 0.15) is 35.8 Å². The highest BCUT2D eigenvalue weighted by Gasteiger charge is 2.08. The van der Waals surface area contributed by atoms with Crippen molar-refractivity contribution in [3.63, 3.8) is 0 Å². The van der Waals surface area contributed by atoms with Gasteiger partial charge in [-0.2, -0.15) is 9.78 Å². The smallest absolute Gasteiger partial charge is 0.275 e. The Hall–Kier alpha value is -2.43. The van der Waals surface area contributed by atoms with Gasteiger partial charge in [-0.05, 0) is 30.5 Å². The highest BCUT2D eigenvalue weighted by molar-refractivity contribution is 5.75. The fraction of sp³-hybridized carbons (Fsp3) is 0.267. The zero-order chi connectivity index (χ0) is 14.5. The molecule has 0 amide bonds. The van der Waals surface area contributed by atoms with Crippen LogP contribution in [0.15, 0.2) is 35.1 Å². The molecule has 2 rings (SSSR count). The molecule has 1 aromatic carbocycles. The first-order valence-corrected chi connectivity index (χ1v) is 6.53. The van der Waals surface area contributed by atoms with Crippen LogP contribution in [0.3, 0.4) is 0 Å². The van der Waals surface area contributed by atoms with Crippen LogP contribution < -0.4 is 5.56 Å². The van der Waals surface area contributed by atoms with E-state index in [2.05, 4.69) is 12.0 Å². The van der Waals surface area contributed by atoms with Crippen LogP contribution >= 0.6 is 0 Å². The molecule has 0 aliphatic carbocycles. The Morgan fingerprint density at radius 3 is 2.60 bits per heavy atom. The molecule has 5 heteroatoms. The molecule has 0 aliphatic heterocycles. The number of hydrogen-bond donors (Lipinski definition) is 1. The standard InChI is InChI=1S/C15H16N2O3/c1-2-3-4-11-5-7-12(8-6-11)17-15(20)9-14(19)13(10-18)16-17/h5-10,19H,2-4H2,1H3. The monoisotopic (exact) mass is 272 g/mol. The van der Waals surface area contributed by atoms with Crippen molar-refractivity contribution in [2.45, 2.75) is 26.2 Å². The fourth-order valence-electron chi connectivity index (χ4n) is 1.91. The van der Waals surface area contributed by atoms with Crippen molar-refractivity contribution in [3.8, 4) is 11.4 Å². The zero-order valence-electron chi connectivity index (χ0n) is 11.2. The number of nitrogens with zero attached hydrogens (tertiary/aromatic N) is 2. The quantitative estimate of drug-likeness (QED) is 0.846. The SMILES string of the molecule is CCCCc1ccc(-n2nc(C=O)c(O)cc2=O)cc1. The van der Waals surface area contributed by atoms with Gasteiger partial charge >= 0.3 is 0 Å². The molecule has 0 fully saturated rings. The van der Waals surface area contributed by atoms with E-state index in [-0.39, 0.29) is 5.69 Å². The molecule has 0 radical (unpaired) electrons. The van der Waals surface area contributed by atoms with Gasteiger partial charge in [0.15, 0.2) is 17.7 Å². The van der Waals surface area contributed by atoms with Gasteiger partial charge in [0, 0.05) is 6.07 Å². The summed E-state index contributed by atoms with van der Waals surface area (Å²) in [5.41, 5.74) is 1.13. The van der Waals surface area contributed by atoms with E-state index in [4.69, 9.17) is 0 Å². The maximum Gasteiger partial charge on any atom is 0.275 e. The molecule has 0 spiro atoms. The van der Waals surface area contributed by atoms with E-state index >= 15 is 0 Å². The van der Waals surface area contributed by atoms with Crippen molar-refractivity contribution < 1.29 is 9.90 Å². The first-order chi connectivity index (χ1) is 9.65. The van der Waals surface area contributed by atoms with Crippen LogP contribution in [0.25, 0.3) is 5.69 Å². The topological polar surface area (TPSA) is 72.2 Å². The number of aromatic nitrogens is 2. The molecule has 1 heterocycles. The number of benzene rings is 1. The molecule has 5 nitrogen and oxygen atoms in total. The number of carbonyl (C=O) groups is 1. The molecule has 1 aromatic heterocycles. The predicted octanol–water partition coefficient (Wildman–Crippen LogP) is 2.09. The van der Waals surface area contributed by atoms with E-state index in [1.165, 1.54) is 5.56 Å². The molecule has 0 bridgehead atoms.